The van der Waals surface area contributed by atoms with Gasteiger partial charge in [-0.05, 0) is 11.6 Å². The molecule has 0 unspecified atom stereocenters. The zero-order chi connectivity index (χ0) is 9.84. The smallest absolute Gasteiger partial charge is 0.282 e. The minimum absolute atomic E-state index is 0.249. The van der Waals surface area contributed by atoms with E-state index in [-0.39, 0.29) is 15.4 Å². The summed E-state index contributed by atoms with van der Waals surface area (Å²) >= 11 is 9.65. The molecule has 0 saturated heterocycles. The van der Waals surface area contributed by atoms with E-state index in [0.29, 0.717) is 11.0 Å². The maximum atomic E-state index is 11.2. The Bertz CT molecular complexity index is 340. The molecule has 1 aromatic heterocycles. The van der Waals surface area contributed by atoms with Crippen molar-refractivity contribution in [3.8, 4) is 0 Å². The Morgan fingerprint density at radius 1 is 1.69 bits per heavy atom. The molecule has 0 aliphatic heterocycles. The highest BCUT2D eigenvalue weighted by Gasteiger charge is 2.10. The van der Waals surface area contributed by atoms with Crippen molar-refractivity contribution in [3.63, 3.8) is 0 Å². The summed E-state index contributed by atoms with van der Waals surface area (Å²) in [4.78, 5) is 11.2. The van der Waals surface area contributed by atoms with Crippen LogP contribution in [0.4, 0.5) is 0 Å². The topological polar surface area (TPSA) is 54.9 Å². The van der Waals surface area contributed by atoms with Gasteiger partial charge in [-0.1, -0.05) is 33.8 Å². The predicted molar refractivity (Wildman–Crippen MR) is 55.3 cm³/mol. The van der Waals surface area contributed by atoms with E-state index in [0.717, 1.165) is 11.3 Å². The molecule has 1 heterocycles. The summed E-state index contributed by atoms with van der Waals surface area (Å²) in [5.41, 5.74) is 0. The number of aromatic nitrogens is 2. The molecular weight excluding hydrogens is 278 g/mol. The average molecular weight is 283 g/mol. The fourth-order valence-corrected chi connectivity index (χ4v) is 1.43. The number of halogens is 2. The van der Waals surface area contributed by atoms with Gasteiger partial charge in [0, 0.05) is 11.0 Å². The maximum absolute atomic E-state index is 11.2. The van der Waals surface area contributed by atoms with E-state index < -0.39 is 0 Å². The normalized spacial score (nSPS) is 9.69. The van der Waals surface area contributed by atoms with Crippen LogP contribution in [0.25, 0.3) is 0 Å². The third-order valence-corrected chi connectivity index (χ3v) is 2.33. The Hall–Kier alpha value is -0.460. The minimum atomic E-state index is -0.301. The predicted octanol–water partition coefficient (Wildman–Crippen LogP) is 1.83. The van der Waals surface area contributed by atoms with Crippen molar-refractivity contribution in [1.82, 2.24) is 15.5 Å². The van der Waals surface area contributed by atoms with Crippen LogP contribution in [0.2, 0.25) is 4.47 Å². The van der Waals surface area contributed by atoms with Crippen molar-refractivity contribution in [1.29, 1.82) is 0 Å². The number of carbonyl (C=O) groups is 1. The molecule has 0 saturated carbocycles. The van der Waals surface area contributed by atoms with Crippen LogP contribution in [0.15, 0.2) is 11.1 Å². The largest absolute Gasteiger partial charge is 0.345 e. The molecule has 1 amide bonds. The number of rotatable bonds is 3. The van der Waals surface area contributed by atoms with Crippen LogP contribution in [0.3, 0.4) is 0 Å². The average Bonchev–Trinajstić information content (AvgIpc) is 2.47. The number of carbonyl (C=O) groups excluding carboxylic acids is 1. The van der Waals surface area contributed by atoms with Crippen molar-refractivity contribution in [2.24, 2.45) is 0 Å². The van der Waals surface area contributed by atoms with E-state index >= 15 is 0 Å². The first kappa shape index (κ1) is 10.6. The number of amides is 1. The summed E-state index contributed by atoms with van der Waals surface area (Å²) in [5.74, 6) is -0.301. The first-order valence-corrected chi connectivity index (χ1v) is 5.19. The lowest BCUT2D eigenvalue weighted by Crippen LogP contribution is -2.24. The molecule has 0 spiro atoms. The van der Waals surface area contributed by atoms with E-state index in [1.54, 1.807) is 0 Å². The fraction of sp³-hybridized carbons (Fsp3) is 0.167. The van der Waals surface area contributed by atoms with Crippen LogP contribution >= 0.6 is 38.9 Å². The molecule has 7 heteroatoms. The Balaban J connectivity index is 2.54. The molecule has 0 atom stereocenters. The quantitative estimate of drug-likeness (QED) is 0.920. The summed E-state index contributed by atoms with van der Waals surface area (Å²) in [6.07, 6.45) is 0. The molecule has 0 aliphatic rings. The van der Waals surface area contributed by atoms with E-state index in [9.17, 15) is 4.79 Å². The van der Waals surface area contributed by atoms with Crippen LogP contribution in [-0.4, -0.2) is 22.6 Å². The highest BCUT2D eigenvalue weighted by molar-refractivity contribution is 9.11. The number of nitrogens with one attached hydrogen (secondary N) is 1. The maximum Gasteiger partial charge on any atom is 0.282 e. The van der Waals surface area contributed by atoms with E-state index in [1.807, 2.05) is 0 Å². The van der Waals surface area contributed by atoms with Crippen molar-refractivity contribution >= 4 is 44.8 Å². The van der Waals surface area contributed by atoms with Crippen molar-refractivity contribution in [3.05, 3.63) is 20.5 Å². The first-order chi connectivity index (χ1) is 6.09. The molecule has 70 valence electrons. The van der Waals surface area contributed by atoms with E-state index in [1.165, 1.54) is 0 Å². The summed E-state index contributed by atoms with van der Waals surface area (Å²) in [5, 5.41) is 9.90. The van der Waals surface area contributed by atoms with Gasteiger partial charge in [-0.3, -0.25) is 4.79 Å². The zero-order valence-corrected chi connectivity index (χ0v) is 9.54. The zero-order valence-electron chi connectivity index (χ0n) is 6.38. The first-order valence-electron chi connectivity index (χ1n) is 3.20. The van der Waals surface area contributed by atoms with Gasteiger partial charge in [0.2, 0.25) is 9.47 Å². The van der Waals surface area contributed by atoms with Crippen LogP contribution in [0.5, 0.6) is 0 Å². The van der Waals surface area contributed by atoms with Gasteiger partial charge in [0.05, 0.1) is 0 Å². The van der Waals surface area contributed by atoms with Crippen molar-refractivity contribution in [2.45, 2.75) is 0 Å². The van der Waals surface area contributed by atoms with Crippen LogP contribution in [-0.2, 0) is 0 Å². The fourth-order valence-electron chi connectivity index (χ4n) is 0.549. The van der Waals surface area contributed by atoms with Crippen LogP contribution in [0, 0.1) is 0 Å². The van der Waals surface area contributed by atoms with E-state index in [2.05, 4.69) is 38.0 Å². The highest BCUT2D eigenvalue weighted by Crippen LogP contribution is 2.14. The molecule has 0 aliphatic carbocycles. The monoisotopic (exact) mass is 281 g/mol. The van der Waals surface area contributed by atoms with Gasteiger partial charge in [-0.2, -0.15) is 0 Å². The SMILES string of the molecule is C=C(Br)CNC(=O)c1nnc(Cl)s1. The Kier molecular flexibility index (Phi) is 3.83. The summed E-state index contributed by atoms with van der Waals surface area (Å²) in [6.45, 7) is 3.93. The second kappa shape index (κ2) is 4.69. The molecule has 1 N–H and O–H groups in total. The third-order valence-electron chi connectivity index (χ3n) is 1.04. The molecule has 0 aromatic carbocycles. The number of hydrogen-bond donors (Lipinski definition) is 1. The van der Waals surface area contributed by atoms with Gasteiger partial charge in [0.1, 0.15) is 0 Å². The van der Waals surface area contributed by atoms with Gasteiger partial charge in [-0.15, -0.1) is 10.2 Å². The van der Waals surface area contributed by atoms with Crippen molar-refractivity contribution in [2.75, 3.05) is 6.54 Å². The molecular formula is C6H5BrClN3OS. The highest BCUT2D eigenvalue weighted by atomic mass is 79.9. The molecule has 0 bridgehead atoms. The second-order valence-corrected chi connectivity index (χ2v) is 4.74. The van der Waals surface area contributed by atoms with Gasteiger partial charge in [0.25, 0.3) is 5.91 Å². The van der Waals surface area contributed by atoms with Gasteiger partial charge >= 0.3 is 0 Å². The van der Waals surface area contributed by atoms with Gasteiger partial charge < -0.3 is 5.32 Å². The molecule has 1 rings (SSSR count). The Morgan fingerprint density at radius 3 is 2.85 bits per heavy atom. The van der Waals surface area contributed by atoms with E-state index in [4.69, 9.17) is 11.6 Å². The lowest BCUT2D eigenvalue weighted by molar-refractivity contribution is 0.0956. The molecule has 1 aromatic rings. The molecule has 0 fully saturated rings. The molecule has 13 heavy (non-hydrogen) atoms. The van der Waals surface area contributed by atoms with Gasteiger partial charge in [0.15, 0.2) is 0 Å². The summed E-state index contributed by atoms with van der Waals surface area (Å²) < 4.78 is 0.944. The van der Waals surface area contributed by atoms with Crippen molar-refractivity contribution < 1.29 is 4.79 Å². The third kappa shape index (κ3) is 3.41. The van der Waals surface area contributed by atoms with Crippen LogP contribution in [0.1, 0.15) is 9.80 Å². The van der Waals surface area contributed by atoms with Gasteiger partial charge in [-0.25, -0.2) is 0 Å². The second-order valence-electron chi connectivity index (χ2n) is 2.06. The molecule has 0 radical (unpaired) electrons. The molecule has 4 nitrogen and oxygen atoms in total. The number of hydrogen-bond acceptors (Lipinski definition) is 4. The summed E-state index contributed by atoms with van der Waals surface area (Å²) in [6, 6.07) is 0. The Labute approximate surface area is 92.1 Å². The summed E-state index contributed by atoms with van der Waals surface area (Å²) in [7, 11) is 0. The lowest BCUT2D eigenvalue weighted by atomic mass is 10.5. The van der Waals surface area contributed by atoms with Crippen LogP contribution < -0.4 is 5.32 Å². The Morgan fingerprint density at radius 2 is 2.38 bits per heavy atom. The standard InChI is InChI=1S/C6H5BrClN3OS/c1-3(7)2-9-4(12)5-10-11-6(8)13-5/h1-2H2,(H,9,12). The minimum Gasteiger partial charge on any atom is -0.345 e. The number of nitrogens with zero attached hydrogens (tertiary/aromatic N) is 2. The lowest BCUT2D eigenvalue weighted by Gasteiger charge is -1.98.